The molecule has 0 aromatic heterocycles. The van der Waals surface area contributed by atoms with Gasteiger partial charge in [0.1, 0.15) is 18.0 Å². The number of ether oxygens (including phenoxy) is 1. The van der Waals surface area contributed by atoms with Gasteiger partial charge in [0.05, 0.1) is 5.02 Å². The zero-order valence-electron chi connectivity index (χ0n) is 9.27. The highest BCUT2D eigenvalue weighted by Gasteiger charge is 2.32. The zero-order chi connectivity index (χ0) is 11.5. The molecule has 4 heteroatoms. The predicted molar refractivity (Wildman–Crippen MR) is 64.0 cm³/mol. The molecule has 0 bridgehead atoms. The molecule has 1 N–H and O–H groups in total. The second-order valence-electron chi connectivity index (χ2n) is 4.01. The number of hydrogen-bond acceptors (Lipinski definition) is 3. The topological polar surface area (TPSA) is 32.7 Å². The van der Waals surface area contributed by atoms with E-state index < -0.39 is 6.10 Å². The summed E-state index contributed by atoms with van der Waals surface area (Å²) in [4.78, 5) is 2.16. The highest BCUT2D eigenvalue weighted by atomic mass is 35.5. The molecule has 0 saturated carbocycles. The largest absolute Gasteiger partial charge is 0.485 e. The molecule has 2 rings (SSSR count). The van der Waals surface area contributed by atoms with Gasteiger partial charge in [-0.15, -0.1) is 0 Å². The van der Waals surface area contributed by atoms with Gasteiger partial charge in [0.15, 0.2) is 0 Å². The number of aliphatic hydroxyl groups excluding tert-OH is 1. The van der Waals surface area contributed by atoms with Crippen LogP contribution in [0.15, 0.2) is 24.3 Å². The van der Waals surface area contributed by atoms with Crippen LogP contribution < -0.4 is 4.74 Å². The van der Waals surface area contributed by atoms with E-state index in [-0.39, 0.29) is 6.10 Å². The molecule has 1 aromatic carbocycles. The number of likely N-dealkylation sites (N-methyl/N-ethyl adjacent to an activating group) is 1. The van der Waals surface area contributed by atoms with Gasteiger partial charge in [-0.1, -0.05) is 30.7 Å². The van der Waals surface area contributed by atoms with E-state index in [1.807, 2.05) is 18.2 Å². The third-order valence-corrected chi connectivity index (χ3v) is 3.19. The van der Waals surface area contributed by atoms with E-state index in [4.69, 9.17) is 16.3 Å². The molecule has 1 saturated heterocycles. The van der Waals surface area contributed by atoms with Gasteiger partial charge in [-0.25, -0.2) is 0 Å². The first-order valence-corrected chi connectivity index (χ1v) is 5.90. The SMILES string of the molecule is CCN1CC(O)C(Oc2ccccc2Cl)C1. The Morgan fingerprint density at radius 2 is 2.19 bits per heavy atom. The van der Waals surface area contributed by atoms with E-state index in [1.165, 1.54) is 0 Å². The Labute approximate surface area is 101 Å². The fourth-order valence-corrected chi connectivity index (χ4v) is 2.09. The van der Waals surface area contributed by atoms with Crippen molar-refractivity contribution in [2.75, 3.05) is 19.6 Å². The quantitative estimate of drug-likeness (QED) is 0.876. The molecule has 2 unspecified atom stereocenters. The van der Waals surface area contributed by atoms with Gasteiger partial charge in [0.25, 0.3) is 0 Å². The van der Waals surface area contributed by atoms with Crippen molar-refractivity contribution in [3.63, 3.8) is 0 Å². The molecule has 0 radical (unpaired) electrons. The Morgan fingerprint density at radius 1 is 1.44 bits per heavy atom. The van der Waals surface area contributed by atoms with Crippen molar-refractivity contribution in [3.8, 4) is 5.75 Å². The van der Waals surface area contributed by atoms with Crippen molar-refractivity contribution >= 4 is 11.6 Å². The predicted octanol–water partition coefficient (Wildman–Crippen LogP) is 1.78. The minimum absolute atomic E-state index is 0.181. The summed E-state index contributed by atoms with van der Waals surface area (Å²) in [6, 6.07) is 7.35. The number of β-amino-alcohol motifs (C(OH)–C–C–N with tert-alkyl or cyclic N) is 1. The fraction of sp³-hybridized carbons (Fsp3) is 0.500. The molecule has 0 amide bonds. The second-order valence-corrected chi connectivity index (χ2v) is 4.41. The van der Waals surface area contributed by atoms with Crippen LogP contribution in [0.4, 0.5) is 0 Å². The Bertz CT molecular complexity index is 359. The number of hydrogen-bond donors (Lipinski definition) is 1. The molecule has 0 aliphatic carbocycles. The van der Waals surface area contributed by atoms with E-state index in [0.29, 0.717) is 17.3 Å². The van der Waals surface area contributed by atoms with E-state index in [1.54, 1.807) is 6.07 Å². The average molecular weight is 242 g/mol. The van der Waals surface area contributed by atoms with Gasteiger partial charge in [-0.2, -0.15) is 0 Å². The minimum atomic E-state index is -0.434. The van der Waals surface area contributed by atoms with Crippen LogP contribution in [0.3, 0.4) is 0 Å². The Kier molecular flexibility index (Phi) is 3.69. The molecule has 0 spiro atoms. The van der Waals surface area contributed by atoms with Crippen LogP contribution in [0.2, 0.25) is 5.02 Å². The number of aliphatic hydroxyl groups is 1. The monoisotopic (exact) mass is 241 g/mol. The van der Waals surface area contributed by atoms with Gasteiger partial charge in [-0.3, -0.25) is 4.90 Å². The summed E-state index contributed by atoms with van der Waals surface area (Å²) in [5, 5.41) is 10.4. The van der Waals surface area contributed by atoms with Crippen molar-refractivity contribution in [1.82, 2.24) is 4.90 Å². The molecule has 3 nitrogen and oxygen atoms in total. The third kappa shape index (κ3) is 2.48. The highest BCUT2D eigenvalue weighted by molar-refractivity contribution is 6.32. The van der Waals surface area contributed by atoms with E-state index in [0.717, 1.165) is 13.1 Å². The first kappa shape index (κ1) is 11.7. The molecular formula is C12H16ClNO2. The lowest BCUT2D eigenvalue weighted by Crippen LogP contribution is -2.30. The van der Waals surface area contributed by atoms with Crippen LogP contribution in [-0.4, -0.2) is 41.8 Å². The molecule has 88 valence electrons. The van der Waals surface area contributed by atoms with Gasteiger partial charge < -0.3 is 9.84 Å². The number of para-hydroxylation sites is 1. The van der Waals surface area contributed by atoms with Gasteiger partial charge in [0, 0.05) is 13.1 Å². The maximum atomic E-state index is 9.83. The first-order valence-electron chi connectivity index (χ1n) is 5.52. The lowest BCUT2D eigenvalue weighted by atomic mass is 10.2. The maximum absolute atomic E-state index is 9.83. The fourth-order valence-electron chi connectivity index (χ4n) is 1.91. The number of nitrogens with zero attached hydrogens (tertiary/aromatic N) is 1. The molecule has 1 fully saturated rings. The van der Waals surface area contributed by atoms with Crippen molar-refractivity contribution in [3.05, 3.63) is 29.3 Å². The number of rotatable bonds is 3. The zero-order valence-corrected chi connectivity index (χ0v) is 10.0. The summed E-state index contributed by atoms with van der Waals surface area (Å²) >= 11 is 6.00. The van der Waals surface area contributed by atoms with Gasteiger partial charge >= 0.3 is 0 Å². The molecule has 1 aliphatic heterocycles. The van der Waals surface area contributed by atoms with Crippen molar-refractivity contribution in [2.24, 2.45) is 0 Å². The van der Waals surface area contributed by atoms with E-state index in [2.05, 4.69) is 11.8 Å². The second kappa shape index (κ2) is 5.04. The van der Waals surface area contributed by atoms with Crippen LogP contribution in [0.25, 0.3) is 0 Å². The van der Waals surface area contributed by atoms with Crippen LogP contribution in [0.5, 0.6) is 5.75 Å². The Hall–Kier alpha value is -0.770. The normalized spacial score (nSPS) is 25.9. The average Bonchev–Trinajstić information content (AvgIpc) is 2.63. The molecule has 1 heterocycles. The number of likely N-dealkylation sites (tertiary alicyclic amines) is 1. The summed E-state index contributed by atoms with van der Waals surface area (Å²) in [6.45, 7) is 4.43. The molecular weight excluding hydrogens is 226 g/mol. The maximum Gasteiger partial charge on any atom is 0.138 e. The van der Waals surface area contributed by atoms with Crippen LogP contribution in [0, 0.1) is 0 Å². The van der Waals surface area contributed by atoms with Gasteiger partial charge in [-0.05, 0) is 18.7 Å². The number of halogens is 1. The highest BCUT2D eigenvalue weighted by Crippen LogP contribution is 2.26. The third-order valence-electron chi connectivity index (χ3n) is 2.87. The summed E-state index contributed by atoms with van der Waals surface area (Å²) in [7, 11) is 0. The van der Waals surface area contributed by atoms with E-state index in [9.17, 15) is 5.11 Å². The standard InChI is InChI=1S/C12H16ClNO2/c1-2-14-7-10(15)12(8-14)16-11-6-4-3-5-9(11)13/h3-6,10,12,15H,2,7-8H2,1H3. The minimum Gasteiger partial charge on any atom is -0.485 e. The number of benzene rings is 1. The van der Waals surface area contributed by atoms with Gasteiger partial charge in [0.2, 0.25) is 0 Å². The van der Waals surface area contributed by atoms with Crippen LogP contribution in [-0.2, 0) is 0 Å². The van der Waals surface area contributed by atoms with Crippen molar-refractivity contribution in [2.45, 2.75) is 19.1 Å². The summed E-state index contributed by atoms with van der Waals surface area (Å²) in [6.07, 6.45) is -0.615. The van der Waals surface area contributed by atoms with Crippen molar-refractivity contribution in [1.29, 1.82) is 0 Å². The lowest BCUT2D eigenvalue weighted by molar-refractivity contribution is 0.0737. The summed E-state index contributed by atoms with van der Waals surface area (Å²) in [5.41, 5.74) is 0. The van der Waals surface area contributed by atoms with Crippen LogP contribution >= 0.6 is 11.6 Å². The van der Waals surface area contributed by atoms with E-state index >= 15 is 0 Å². The van der Waals surface area contributed by atoms with Crippen LogP contribution in [0.1, 0.15) is 6.92 Å². The molecule has 1 aromatic rings. The molecule has 16 heavy (non-hydrogen) atoms. The lowest BCUT2D eigenvalue weighted by Gasteiger charge is -2.17. The van der Waals surface area contributed by atoms with Crippen molar-refractivity contribution < 1.29 is 9.84 Å². The molecule has 2 atom stereocenters. The summed E-state index contributed by atoms with van der Waals surface area (Å²) < 4.78 is 5.73. The first-order chi connectivity index (χ1) is 7.70. The smallest absolute Gasteiger partial charge is 0.138 e. The Balaban J connectivity index is 2.03. The summed E-state index contributed by atoms with van der Waals surface area (Å²) in [5.74, 6) is 0.645. The molecule has 1 aliphatic rings. The Morgan fingerprint density at radius 3 is 2.81 bits per heavy atom.